The smallest absolute Gasteiger partial charge is 0.266 e. The monoisotopic (exact) mass is 398 g/mol. The Morgan fingerprint density at radius 1 is 1.42 bits per heavy atom. The fourth-order valence-corrected chi connectivity index (χ4v) is 2.76. The number of benzene rings is 1. The second kappa shape index (κ2) is 6.53. The van der Waals surface area contributed by atoms with Crippen molar-refractivity contribution < 1.29 is 17.8 Å². The fraction of sp³-hybridized carbons (Fsp3) is 0.364. The molecule has 0 unspecified atom stereocenters. The van der Waals surface area contributed by atoms with E-state index in [1.807, 2.05) is 25.1 Å². The average Bonchev–Trinajstić information content (AvgIpc) is 2.26. The van der Waals surface area contributed by atoms with Gasteiger partial charge >= 0.3 is 0 Å². The summed E-state index contributed by atoms with van der Waals surface area (Å²) in [6, 6.07) is 5.21. The molecule has 0 fully saturated rings. The summed E-state index contributed by atoms with van der Waals surface area (Å²) >= 11 is 2.13. The largest absolute Gasteiger partial charge is 0.377 e. The average molecular weight is 398 g/mol. The Kier molecular flexibility index (Phi) is 5.56. The number of nitrogens with zero attached hydrogens (tertiary/aromatic N) is 1. The standard InChI is InChI=1S/C11H15IN2O4S/c1-14(2)10-4-3-8(7-9(10)12)11(15)13-5-6-19(16,17)18/h3-4,7H,5-6H2,1-2H3,(H,13,15)(H,16,17,18). The zero-order valence-corrected chi connectivity index (χ0v) is 13.5. The van der Waals surface area contributed by atoms with Crippen LogP contribution in [-0.2, 0) is 10.1 Å². The van der Waals surface area contributed by atoms with Crippen molar-refractivity contribution in [1.29, 1.82) is 0 Å². The molecule has 0 spiro atoms. The first-order valence-electron chi connectivity index (χ1n) is 5.41. The quantitative estimate of drug-likeness (QED) is 0.571. The molecule has 0 saturated carbocycles. The predicted molar refractivity (Wildman–Crippen MR) is 82.2 cm³/mol. The first-order valence-corrected chi connectivity index (χ1v) is 8.10. The van der Waals surface area contributed by atoms with Gasteiger partial charge in [0, 0.05) is 35.5 Å². The molecular weight excluding hydrogens is 383 g/mol. The Morgan fingerprint density at radius 3 is 2.53 bits per heavy atom. The van der Waals surface area contributed by atoms with Gasteiger partial charge in [-0.15, -0.1) is 0 Å². The molecule has 1 aromatic rings. The Bertz CT molecular complexity index is 572. The van der Waals surface area contributed by atoms with E-state index in [1.54, 1.807) is 12.1 Å². The van der Waals surface area contributed by atoms with Crippen molar-refractivity contribution in [3.8, 4) is 0 Å². The molecule has 0 bridgehead atoms. The van der Waals surface area contributed by atoms with Crippen LogP contribution in [-0.4, -0.2) is 45.3 Å². The number of hydrogen-bond acceptors (Lipinski definition) is 4. The van der Waals surface area contributed by atoms with E-state index in [-0.39, 0.29) is 12.5 Å². The highest BCUT2D eigenvalue weighted by molar-refractivity contribution is 14.1. The van der Waals surface area contributed by atoms with Gasteiger partial charge in [-0.2, -0.15) is 8.42 Å². The fourth-order valence-electron chi connectivity index (χ4n) is 1.41. The van der Waals surface area contributed by atoms with Crippen molar-refractivity contribution in [2.75, 3.05) is 31.3 Å². The minimum absolute atomic E-state index is 0.121. The highest BCUT2D eigenvalue weighted by atomic mass is 127. The van der Waals surface area contributed by atoms with E-state index in [0.717, 1.165) is 9.26 Å². The van der Waals surface area contributed by atoms with Crippen molar-refractivity contribution >= 4 is 44.3 Å². The molecular formula is C11H15IN2O4S. The van der Waals surface area contributed by atoms with Crippen molar-refractivity contribution in [3.63, 3.8) is 0 Å². The molecule has 0 atom stereocenters. The maximum atomic E-state index is 11.8. The Balaban J connectivity index is 2.71. The van der Waals surface area contributed by atoms with Crippen LogP contribution >= 0.6 is 22.6 Å². The van der Waals surface area contributed by atoms with Crippen LogP contribution in [0.4, 0.5) is 5.69 Å². The number of carbonyl (C=O) groups excluding carboxylic acids is 1. The minimum Gasteiger partial charge on any atom is -0.377 e. The second-order valence-corrected chi connectivity index (χ2v) is 6.84. The van der Waals surface area contributed by atoms with Gasteiger partial charge in [0.05, 0.1) is 5.75 Å². The maximum absolute atomic E-state index is 11.8. The number of halogens is 1. The predicted octanol–water partition coefficient (Wildman–Crippen LogP) is 0.975. The van der Waals surface area contributed by atoms with E-state index in [4.69, 9.17) is 4.55 Å². The van der Waals surface area contributed by atoms with Crippen LogP contribution < -0.4 is 10.2 Å². The molecule has 6 nitrogen and oxygen atoms in total. The minimum atomic E-state index is -4.05. The lowest BCUT2D eigenvalue weighted by Crippen LogP contribution is -2.29. The molecule has 0 aliphatic heterocycles. The summed E-state index contributed by atoms with van der Waals surface area (Å²) in [6.45, 7) is -0.121. The molecule has 19 heavy (non-hydrogen) atoms. The third-order valence-corrected chi connectivity index (χ3v) is 3.92. The molecule has 1 rings (SSSR count). The molecule has 0 aliphatic carbocycles. The molecule has 0 heterocycles. The summed E-state index contributed by atoms with van der Waals surface area (Å²) in [5, 5.41) is 2.44. The van der Waals surface area contributed by atoms with E-state index in [1.165, 1.54) is 0 Å². The Hall–Kier alpha value is -0.870. The highest BCUT2D eigenvalue weighted by Gasteiger charge is 2.10. The summed E-state index contributed by atoms with van der Waals surface area (Å²) in [7, 11) is -0.239. The lowest BCUT2D eigenvalue weighted by Gasteiger charge is -2.15. The summed E-state index contributed by atoms with van der Waals surface area (Å²) in [5.41, 5.74) is 1.44. The maximum Gasteiger partial charge on any atom is 0.266 e. The Labute approximate surface area is 126 Å². The zero-order chi connectivity index (χ0) is 14.6. The molecule has 2 N–H and O–H groups in total. The van der Waals surface area contributed by atoms with Crippen LogP contribution in [0.5, 0.6) is 0 Å². The van der Waals surface area contributed by atoms with Gasteiger partial charge in [-0.25, -0.2) is 0 Å². The first kappa shape index (κ1) is 16.2. The molecule has 0 aliphatic rings. The van der Waals surface area contributed by atoms with Crippen LogP contribution in [0.25, 0.3) is 0 Å². The number of rotatable bonds is 5. The highest BCUT2D eigenvalue weighted by Crippen LogP contribution is 2.21. The van der Waals surface area contributed by atoms with Gasteiger partial charge in [-0.1, -0.05) is 0 Å². The van der Waals surface area contributed by atoms with Crippen LogP contribution in [0.2, 0.25) is 0 Å². The van der Waals surface area contributed by atoms with Crippen molar-refractivity contribution in [1.82, 2.24) is 5.32 Å². The molecule has 0 radical (unpaired) electrons. The van der Waals surface area contributed by atoms with Gasteiger partial charge in [-0.05, 0) is 40.8 Å². The van der Waals surface area contributed by atoms with Crippen LogP contribution in [0.1, 0.15) is 10.4 Å². The summed E-state index contributed by atoms with van der Waals surface area (Å²) in [5.74, 6) is -0.863. The molecule has 0 aromatic heterocycles. The number of amides is 1. The third kappa shape index (κ3) is 5.33. The normalized spacial score (nSPS) is 11.2. The summed E-state index contributed by atoms with van der Waals surface area (Å²) in [6.07, 6.45) is 0. The number of hydrogen-bond donors (Lipinski definition) is 2. The van der Waals surface area contributed by atoms with Crippen molar-refractivity contribution in [2.24, 2.45) is 0 Å². The topological polar surface area (TPSA) is 86.7 Å². The second-order valence-electron chi connectivity index (χ2n) is 4.10. The SMILES string of the molecule is CN(C)c1ccc(C(=O)NCCS(=O)(=O)O)cc1I. The molecule has 8 heteroatoms. The van der Waals surface area contributed by atoms with Gasteiger partial charge in [0.1, 0.15) is 0 Å². The van der Waals surface area contributed by atoms with E-state index in [9.17, 15) is 13.2 Å². The lowest BCUT2D eigenvalue weighted by molar-refractivity contribution is 0.0956. The lowest BCUT2D eigenvalue weighted by atomic mass is 10.2. The summed E-state index contributed by atoms with van der Waals surface area (Å²) < 4.78 is 30.5. The van der Waals surface area contributed by atoms with Crippen LogP contribution in [0.3, 0.4) is 0 Å². The number of nitrogens with one attached hydrogen (secondary N) is 1. The van der Waals surface area contributed by atoms with E-state index in [0.29, 0.717) is 5.56 Å². The summed E-state index contributed by atoms with van der Waals surface area (Å²) in [4.78, 5) is 13.7. The van der Waals surface area contributed by atoms with Gasteiger partial charge in [-0.3, -0.25) is 9.35 Å². The van der Waals surface area contributed by atoms with E-state index >= 15 is 0 Å². The molecule has 1 amide bonds. The van der Waals surface area contributed by atoms with Crippen LogP contribution in [0, 0.1) is 3.57 Å². The van der Waals surface area contributed by atoms with Gasteiger partial charge in [0.2, 0.25) is 0 Å². The molecule has 106 valence electrons. The van der Waals surface area contributed by atoms with Gasteiger partial charge in [0.25, 0.3) is 16.0 Å². The third-order valence-electron chi connectivity index (χ3n) is 2.34. The Morgan fingerprint density at radius 2 is 2.05 bits per heavy atom. The zero-order valence-electron chi connectivity index (χ0n) is 10.6. The van der Waals surface area contributed by atoms with Crippen molar-refractivity contribution in [3.05, 3.63) is 27.3 Å². The van der Waals surface area contributed by atoms with Crippen molar-refractivity contribution in [2.45, 2.75) is 0 Å². The van der Waals surface area contributed by atoms with Gasteiger partial charge in [0.15, 0.2) is 0 Å². The molecule has 1 aromatic carbocycles. The number of carbonyl (C=O) groups is 1. The van der Waals surface area contributed by atoms with E-state index in [2.05, 4.69) is 27.9 Å². The van der Waals surface area contributed by atoms with Gasteiger partial charge < -0.3 is 10.2 Å². The van der Waals surface area contributed by atoms with Crippen LogP contribution in [0.15, 0.2) is 18.2 Å². The van der Waals surface area contributed by atoms with E-state index < -0.39 is 15.9 Å². The first-order chi connectivity index (χ1) is 8.70. The number of anilines is 1. The molecule has 0 saturated heterocycles.